The standard InChI is InChI=1S/C12H24N2O/c1-5-14(10(2)9-13(3)4)11-6-7-12(15)8-11/h10-11H,5-9H2,1-4H3. The predicted octanol–water partition coefficient (Wildman–Crippen LogP) is 1.38. The predicted molar refractivity (Wildman–Crippen MR) is 63.0 cm³/mol. The molecule has 0 aromatic carbocycles. The van der Waals surface area contributed by atoms with Crippen LogP contribution in [0.3, 0.4) is 0 Å². The lowest BCUT2D eigenvalue weighted by Crippen LogP contribution is -2.45. The first-order chi connectivity index (χ1) is 7.04. The van der Waals surface area contributed by atoms with Crippen molar-refractivity contribution in [3.8, 4) is 0 Å². The molecule has 0 radical (unpaired) electrons. The zero-order valence-corrected chi connectivity index (χ0v) is 10.5. The molecule has 3 heteroatoms. The molecular formula is C12H24N2O. The van der Waals surface area contributed by atoms with Crippen LogP contribution in [0, 0.1) is 0 Å². The van der Waals surface area contributed by atoms with Gasteiger partial charge in [-0.25, -0.2) is 0 Å². The Labute approximate surface area is 93.4 Å². The molecule has 1 saturated carbocycles. The fourth-order valence-corrected chi connectivity index (χ4v) is 2.64. The van der Waals surface area contributed by atoms with Gasteiger partial charge in [-0.2, -0.15) is 0 Å². The van der Waals surface area contributed by atoms with Crippen LogP contribution in [0.15, 0.2) is 0 Å². The average Bonchev–Trinajstić information content (AvgIpc) is 2.51. The summed E-state index contributed by atoms with van der Waals surface area (Å²) in [7, 11) is 4.20. The van der Waals surface area contributed by atoms with Gasteiger partial charge in [-0.15, -0.1) is 0 Å². The van der Waals surface area contributed by atoms with E-state index in [2.05, 4.69) is 37.7 Å². The lowest BCUT2D eigenvalue weighted by molar-refractivity contribution is -0.117. The smallest absolute Gasteiger partial charge is 0.134 e. The van der Waals surface area contributed by atoms with Crippen LogP contribution >= 0.6 is 0 Å². The Morgan fingerprint density at radius 3 is 2.53 bits per heavy atom. The third kappa shape index (κ3) is 3.58. The summed E-state index contributed by atoms with van der Waals surface area (Å²) >= 11 is 0. The van der Waals surface area contributed by atoms with Gasteiger partial charge in [-0.1, -0.05) is 6.92 Å². The molecule has 0 amide bonds. The average molecular weight is 212 g/mol. The Balaban J connectivity index is 2.50. The SMILES string of the molecule is CCN(C(C)CN(C)C)C1CCC(=O)C1. The molecule has 1 aliphatic rings. The van der Waals surface area contributed by atoms with Gasteiger partial charge in [0, 0.05) is 31.5 Å². The summed E-state index contributed by atoms with van der Waals surface area (Å²) in [5, 5.41) is 0. The van der Waals surface area contributed by atoms with Gasteiger partial charge in [0.05, 0.1) is 0 Å². The number of likely N-dealkylation sites (N-methyl/N-ethyl adjacent to an activating group) is 2. The zero-order valence-electron chi connectivity index (χ0n) is 10.5. The van der Waals surface area contributed by atoms with Gasteiger partial charge >= 0.3 is 0 Å². The second-order valence-corrected chi connectivity index (χ2v) is 4.88. The largest absolute Gasteiger partial charge is 0.308 e. The number of carbonyl (C=O) groups excluding carboxylic acids is 1. The van der Waals surface area contributed by atoms with Gasteiger partial charge in [0.2, 0.25) is 0 Å². The minimum Gasteiger partial charge on any atom is -0.308 e. The van der Waals surface area contributed by atoms with Crippen LogP contribution in [-0.4, -0.2) is 54.9 Å². The molecule has 0 saturated heterocycles. The Kier molecular flexibility index (Phi) is 4.74. The van der Waals surface area contributed by atoms with Crippen molar-refractivity contribution in [1.82, 2.24) is 9.80 Å². The second-order valence-electron chi connectivity index (χ2n) is 4.88. The van der Waals surface area contributed by atoms with E-state index in [1.165, 1.54) is 0 Å². The fraction of sp³-hybridized carbons (Fsp3) is 0.917. The molecule has 0 spiro atoms. The highest BCUT2D eigenvalue weighted by molar-refractivity contribution is 5.81. The van der Waals surface area contributed by atoms with E-state index in [1.54, 1.807) is 0 Å². The molecule has 0 aromatic heterocycles. The van der Waals surface area contributed by atoms with Gasteiger partial charge in [0.25, 0.3) is 0 Å². The van der Waals surface area contributed by atoms with Crippen molar-refractivity contribution in [1.29, 1.82) is 0 Å². The van der Waals surface area contributed by atoms with E-state index in [-0.39, 0.29) is 0 Å². The monoisotopic (exact) mass is 212 g/mol. The topological polar surface area (TPSA) is 23.6 Å². The maximum atomic E-state index is 11.3. The Hall–Kier alpha value is -0.410. The third-order valence-corrected chi connectivity index (χ3v) is 3.25. The van der Waals surface area contributed by atoms with Gasteiger partial charge in [0.1, 0.15) is 5.78 Å². The number of hydrogen-bond donors (Lipinski definition) is 0. The van der Waals surface area contributed by atoms with Crippen molar-refractivity contribution in [3.63, 3.8) is 0 Å². The van der Waals surface area contributed by atoms with Crippen molar-refractivity contribution >= 4 is 5.78 Å². The van der Waals surface area contributed by atoms with Gasteiger partial charge in [-0.05, 0) is 34.0 Å². The van der Waals surface area contributed by atoms with Crippen molar-refractivity contribution in [2.45, 2.75) is 45.2 Å². The van der Waals surface area contributed by atoms with E-state index in [1.807, 2.05) is 0 Å². The summed E-state index contributed by atoms with van der Waals surface area (Å²) in [4.78, 5) is 16.0. The van der Waals surface area contributed by atoms with E-state index < -0.39 is 0 Å². The number of Topliss-reactive ketones (excluding diaryl/α,β-unsaturated/α-hetero) is 1. The lowest BCUT2D eigenvalue weighted by Gasteiger charge is -2.34. The molecule has 0 aliphatic heterocycles. The summed E-state index contributed by atoms with van der Waals surface area (Å²) in [6, 6.07) is 1.04. The van der Waals surface area contributed by atoms with Crippen LogP contribution in [0.25, 0.3) is 0 Å². The van der Waals surface area contributed by atoms with Crippen LogP contribution < -0.4 is 0 Å². The molecule has 0 N–H and O–H groups in total. The van der Waals surface area contributed by atoms with E-state index in [9.17, 15) is 4.79 Å². The van der Waals surface area contributed by atoms with Crippen molar-refractivity contribution < 1.29 is 4.79 Å². The summed E-state index contributed by atoms with van der Waals surface area (Å²) in [6.07, 6.45) is 2.62. The fourth-order valence-electron chi connectivity index (χ4n) is 2.64. The molecule has 88 valence electrons. The quantitative estimate of drug-likeness (QED) is 0.688. The summed E-state index contributed by atoms with van der Waals surface area (Å²) in [5.74, 6) is 0.440. The highest BCUT2D eigenvalue weighted by Crippen LogP contribution is 2.22. The van der Waals surface area contributed by atoms with Crippen LogP contribution in [0.1, 0.15) is 33.1 Å². The van der Waals surface area contributed by atoms with Crippen molar-refractivity contribution in [2.75, 3.05) is 27.2 Å². The first-order valence-corrected chi connectivity index (χ1v) is 5.96. The third-order valence-electron chi connectivity index (χ3n) is 3.25. The number of nitrogens with zero attached hydrogens (tertiary/aromatic N) is 2. The number of carbonyl (C=O) groups is 1. The van der Waals surface area contributed by atoms with E-state index in [0.29, 0.717) is 17.9 Å². The van der Waals surface area contributed by atoms with E-state index in [4.69, 9.17) is 0 Å². The van der Waals surface area contributed by atoms with Crippen LogP contribution in [0.5, 0.6) is 0 Å². The Morgan fingerprint density at radius 2 is 2.13 bits per heavy atom. The maximum absolute atomic E-state index is 11.3. The molecule has 2 unspecified atom stereocenters. The van der Waals surface area contributed by atoms with Gasteiger partial charge < -0.3 is 4.90 Å². The normalized spacial score (nSPS) is 24.1. The molecule has 0 bridgehead atoms. The number of rotatable bonds is 5. The van der Waals surface area contributed by atoms with Crippen molar-refractivity contribution in [3.05, 3.63) is 0 Å². The zero-order chi connectivity index (χ0) is 11.4. The maximum Gasteiger partial charge on any atom is 0.134 e. The minimum atomic E-state index is 0.440. The van der Waals surface area contributed by atoms with Gasteiger partial charge in [-0.3, -0.25) is 9.69 Å². The van der Waals surface area contributed by atoms with E-state index >= 15 is 0 Å². The van der Waals surface area contributed by atoms with E-state index in [0.717, 1.165) is 32.4 Å². The summed E-state index contributed by atoms with van der Waals surface area (Å²) in [5.41, 5.74) is 0. The highest BCUT2D eigenvalue weighted by Gasteiger charge is 2.29. The first-order valence-electron chi connectivity index (χ1n) is 5.96. The number of hydrogen-bond acceptors (Lipinski definition) is 3. The second kappa shape index (κ2) is 5.61. The van der Waals surface area contributed by atoms with Crippen LogP contribution in [0.2, 0.25) is 0 Å². The molecule has 1 fully saturated rings. The van der Waals surface area contributed by atoms with Crippen LogP contribution in [-0.2, 0) is 4.79 Å². The molecule has 2 atom stereocenters. The number of ketones is 1. The minimum absolute atomic E-state index is 0.440. The van der Waals surface area contributed by atoms with Gasteiger partial charge in [0.15, 0.2) is 0 Å². The molecule has 1 rings (SSSR count). The Morgan fingerprint density at radius 1 is 1.47 bits per heavy atom. The lowest BCUT2D eigenvalue weighted by atomic mass is 10.1. The molecule has 1 aliphatic carbocycles. The molecule has 3 nitrogen and oxygen atoms in total. The molecular weight excluding hydrogens is 188 g/mol. The van der Waals surface area contributed by atoms with Crippen LogP contribution in [0.4, 0.5) is 0 Å². The Bertz CT molecular complexity index is 216. The molecule has 0 heterocycles. The summed E-state index contributed by atoms with van der Waals surface area (Å²) < 4.78 is 0. The summed E-state index contributed by atoms with van der Waals surface area (Å²) in [6.45, 7) is 6.56. The first kappa shape index (κ1) is 12.7. The molecule has 15 heavy (non-hydrogen) atoms. The van der Waals surface area contributed by atoms with Crippen molar-refractivity contribution in [2.24, 2.45) is 0 Å². The highest BCUT2D eigenvalue weighted by atomic mass is 16.1. The molecule has 0 aromatic rings.